The zero-order valence-corrected chi connectivity index (χ0v) is 17.1. The van der Waals surface area contributed by atoms with Crippen molar-refractivity contribution in [3.05, 3.63) is 54.1 Å². The lowest BCUT2D eigenvalue weighted by Gasteiger charge is -2.19. The summed E-state index contributed by atoms with van der Waals surface area (Å²) in [6.07, 6.45) is 0. The van der Waals surface area contributed by atoms with Gasteiger partial charge in [-0.25, -0.2) is 0 Å². The molecule has 3 aromatic rings. The van der Waals surface area contributed by atoms with Gasteiger partial charge in [0.25, 0.3) is 17.7 Å². The van der Waals surface area contributed by atoms with E-state index >= 15 is 0 Å². The van der Waals surface area contributed by atoms with Gasteiger partial charge in [0.2, 0.25) is 0 Å². The number of hydrogen-bond acceptors (Lipinski definition) is 6. The fraction of sp³-hybridized carbons (Fsp3) is 0.318. The normalized spacial score (nSPS) is 11.2. The number of anilines is 1. The second-order valence-electron chi connectivity index (χ2n) is 7.49. The number of carbonyl (C=O) groups excluding carboxylic acids is 1. The molecule has 7 nitrogen and oxygen atoms in total. The average molecular weight is 395 g/mol. The molecular weight excluding hydrogens is 370 g/mol. The third kappa shape index (κ3) is 5.57. The van der Waals surface area contributed by atoms with Crippen LogP contribution in [0.3, 0.4) is 0 Å². The summed E-state index contributed by atoms with van der Waals surface area (Å²) >= 11 is 0. The number of carbonyl (C=O) groups is 1. The van der Waals surface area contributed by atoms with Crippen LogP contribution in [-0.2, 0) is 10.2 Å². The smallest absolute Gasteiger partial charge is 0.270 e. The molecule has 1 aromatic heterocycles. The first-order valence-corrected chi connectivity index (χ1v) is 9.45. The molecule has 0 aliphatic heterocycles. The van der Waals surface area contributed by atoms with E-state index in [0.717, 1.165) is 11.3 Å². The number of aromatic nitrogens is 2. The quantitative estimate of drug-likeness (QED) is 0.636. The molecule has 0 spiro atoms. The van der Waals surface area contributed by atoms with Gasteiger partial charge in [-0.3, -0.25) is 10.1 Å². The van der Waals surface area contributed by atoms with Crippen molar-refractivity contribution in [2.75, 3.05) is 18.5 Å². The number of amides is 1. The Kier molecular flexibility index (Phi) is 6.16. The molecule has 0 fully saturated rings. The fourth-order valence-corrected chi connectivity index (χ4v) is 2.61. The molecule has 0 saturated carbocycles. The molecule has 0 aliphatic rings. The molecule has 2 aromatic carbocycles. The molecule has 3 rings (SSSR count). The lowest BCUT2D eigenvalue weighted by atomic mass is 9.87. The van der Waals surface area contributed by atoms with E-state index in [9.17, 15) is 4.79 Å². The van der Waals surface area contributed by atoms with E-state index in [2.05, 4.69) is 36.2 Å². The number of benzene rings is 2. The van der Waals surface area contributed by atoms with Crippen molar-refractivity contribution in [1.29, 1.82) is 0 Å². The second kappa shape index (κ2) is 8.77. The highest BCUT2D eigenvalue weighted by Gasteiger charge is 2.14. The van der Waals surface area contributed by atoms with E-state index in [1.807, 2.05) is 55.5 Å². The van der Waals surface area contributed by atoms with Crippen LogP contribution >= 0.6 is 0 Å². The minimum atomic E-state index is -0.371. The van der Waals surface area contributed by atoms with Crippen LogP contribution in [0.1, 0.15) is 33.3 Å². The van der Waals surface area contributed by atoms with E-state index in [-0.39, 0.29) is 23.9 Å². The first-order valence-electron chi connectivity index (χ1n) is 9.45. The van der Waals surface area contributed by atoms with Crippen LogP contribution in [-0.4, -0.2) is 29.3 Å². The van der Waals surface area contributed by atoms with Crippen LogP contribution in [0.15, 0.2) is 53.1 Å². The Hall–Kier alpha value is -3.35. The molecular formula is C22H25N3O4. The molecule has 7 heteroatoms. The molecule has 0 aliphatic carbocycles. The molecule has 0 unspecified atom stereocenters. The lowest BCUT2D eigenvalue weighted by Crippen LogP contribution is -2.21. The Bertz CT molecular complexity index is 941. The molecule has 0 atom stereocenters. The lowest BCUT2D eigenvalue weighted by molar-refractivity contribution is -0.118. The summed E-state index contributed by atoms with van der Waals surface area (Å²) in [5.41, 5.74) is 2.00. The van der Waals surface area contributed by atoms with E-state index < -0.39 is 0 Å². The summed E-state index contributed by atoms with van der Waals surface area (Å²) in [5, 5.41) is 6.35. The van der Waals surface area contributed by atoms with Gasteiger partial charge in [-0.1, -0.05) is 32.9 Å². The second-order valence-corrected chi connectivity index (χ2v) is 7.49. The number of hydrogen-bond donors (Lipinski definition) is 1. The molecule has 152 valence electrons. The van der Waals surface area contributed by atoms with E-state index in [0.29, 0.717) is 18.2 Å². The van der Waals surface area contributed by atoms with E-state index in [4.69, 9.17) is 14.0 Å². The zero-order chi connectivity index (χ0) is 20.9. The highest BCUT2D eigenvalue weighted by atomic mass is 16.5. The van der Waals surface area contributed by atoms with Crippen molar-refractivity contribution in [2.45, 2.75) is 33.1 Å². The summed E-state index contributed by atoms with van der Waals surface area (Å²) in [7, 11) is 0. The van der Waals surface area contributed by atoms with Crippen molar-refractivity contribution in [3.63, 3.8) is 0 Å². The van der Waals surface area contributed by atoms with Crippen LogP contribution in [0, 0.1) is 0 Å². The maximum absolute atomic E-state index is 12.1. The van der Waals surface area contributed by atoms with Gasteiger partial charge in [0, 0.05) is 5.56 Å². The number of rotatable bonds is 7. The van der Waals surface area contributed by atoms with Crippen molar-refractivity contribution < 1.29 is 18.8 Å². The van der Waals surface area contributed by atoms with Crippen LogP contribution in [0.25, 0.3) is 11.5 Å². The summed E-state index contributed by atoms with van der Waals surface area (Å²) < 4.78 is 16.1. The molecule has 1 amide bonds. The number of nitrogens with zero attached hydrogens (tertiary/aromatic N) is 2. The largest absolute Gasteiger partial charge is 0.494 e. The molecule has 0 saturated heterocycles. The number of nitrogens with one attached hydrogen (secondary N) is 1. The minimum absolute atomic E-state index is 0.0651. The van der Waals surface area contributed by atoms with Gasteiger partial charge >= 0.3 is 0 Å². The highest BCUT2D eigenvalue weighted by Crippen LogP contribution is 2.24. The molecule has 0 radical (unpaired) electrons. The maximum Gasteiger partial charge on any atom is 0.270 e. The van der Waals surface area contributed by atoms with Gasteiger partial charge in [-0.2, -0.15) is 4.98 Å². The summed E-state index contributed by atoms with van der Waals surface area (Å²) in [6, 6.07) is 15.0. The standard InChI is InChI=1S/C22H25N3O4/c1-5-27-17-10-6-15(7-11-17)20-24-21(25-29-20)23-19(26)14-28-18-12-8-16(9-13-18)22(2,3)4/h6-13H,5,14H2,1-4H3,(H,23,25,26). The van der Waals surface area contributed by atoms with Gasteiger partial charge in [-0.05, 0) is 59.5 Å². The Labute approximate surface area is 170 Å². The highest BCUT2D eigenvalue weighted by molar-refractivity contribution is 5.90. The Morgan fingerprint density at radius 1 is 1.00 bits per heavy atom. The van der Waals surface area contributed by atoms with Crippen molar-refractivity contribution >= 4 is 11.9 Å². The van der Waals surface area contributed by atoms with Crippen molar-refractivity contribution in [2.24, 2.45) is 0 Å². The average Bonchev–Trinajstić information content (AvgIpc) is 3.15. The monoisotopic (exact) mass is 395 g/mol. The Morgan fingerprint density at radius 3 is 2.24 bits per heavy atom. The van der Waals surface area contributed by atoms with Crippen molar-refractivity contribution in [3.8, 4) is 23.0 Å². The summed E-state index contributed by atoms with van der Waals surface area (Å²) in [6.45, 7) is 8.79. The first kappa shape index (κ1) is 20.4. The molecule has 1 N–H and O–H groups in total. The van der Waals surface area contributed by atoms with Crippen LogP contribution in [0.4, 0.5) is 5.95 Å². The van der Waals surface area contributed by atoms with Gasteiger partial charge in [-0.15, -0.1) is 0 Å². The fourth-order valence-electron chi connectivity index (χ4n) is 2.61. The molecule has 29 heavy (non-hydrogen) atoms. The predicted molar refractivity (Wildman–Crippen MR) is 110 cm³/mol. The Balaban J connectivity index is 1.53. The van der Waals surface area contributed by atoms with Crippen LogP contribution in [0.5, 0.6) is 11.5 Å². The number of ether oxygens (including phenoxy) is 2. The summed E-state index contributed by atoms with van der Waals surface area (Å²) in [4.78, 5) is 16.3. The summed E-state index contributed by atoms with van der Waals surface area (Å²) in [5.74, 6) is 1.41. The topological polar surface area (TPSA) is 86.5 Å². The first-order chi connectivity index (χ1) is 13.8. The third-order valence-electron chi connectivity index (χ3n) is 4.18. The van der Waals surface area contributed by atoms with Crippen LogP contribution < -0.4 is 14.8 Å². The van der Waals surface area contributed by atoms with E-state index in [1.54, 1.807) is 0 Å². The van der Waals surface area contributed by atoms with Gasteiger partial charge in [0.1, 0.15) is 11.5 Å². The van der Waals surface area contributed by atoms with Crippen LogP contribution in [0.2, 0.25) is 0 Å². The minimum Gasteiger partial charge on any atom is -0.494 e. The molecule has 1 heterocycles. The third-order valence-corrected chi connectivity index (χ3v) is 4.18. The van der Waals surface area contributed by atoms with Crippen molar-refractivity contribution in [1.82, 2.24) is 10.1 Å². The SMILES string of the molecule is CCOc1ccc(-c2nc(NC(=O)COc3ccc(C(C)(C)C)cc3)no2)cc1. The van der Waals surface area contributed by atoms with Gasteiger partial charge < -0.3 is 14.0 Å². The van der Waals surface area contributed by atoms with Gasteiger partial charge in [0.15, 0.2) is 6.61 Å². The predicted octanol–water partition coefficient (Wildman–Crippen LogP) is 4.45. The van der Waals surface area contributed by atoms with Gasteiger partial charge in [0.05, 0.1) is 6.61 Å². The van der Waals surface area contributed by atoms with E-state index in [1.165, 1.54) is 5.56 Å². The zero-order valence-electron chi connectivity index (χ0n) is 17.1. The Morgan fingerprint density at radius 2 is 1.62 bits per heavy atom. The maximum atomic E-state index is 12.1. The molecule has 0 bridgehead atoms.